The van der Waals surface area contributed by atoms with Crippen LogP contribution in [-0.2, 0) is 11.2 Å². The Bertz CT molecular complexity index is 396. The second-order valence-corrected chi connectivity index (χ2v) is 4.32. The van der Waals surface area contributed by atoms with Gasteiger partial charge in [-0.2, -0.15) is 0 Å². The molecule has 0 fully saturated rings. The molecule has 15 heavy (non-hydrogen) atoms. The summed E-state index contributed by atoms with van der Waals surface area (Å²) in [5, 5.41) is 0. The van der Waals surface area contributed by atoms with Crippen LogP contribution in [-0.4, -0.2) is 11.9 Å². The lowest BCUT2D eigenvalue weighted by Crippen LogP contribution is -2.40. The molecular formula is C13H16NO. The zero-order chi connectivity index (χ0) is 11.0. The first-order valence-corrected chi connectivity index (χ1v) is 5.36. The van der Waals surface area contributed by atoms with E-state index in [0.29, 0.717) is 6.42 Å². The fraction of sp³-hybridized carbons (Fsp3) is 0.385. The Hall–Kier alpha value is -1.31. The van der Waals surface area contributed by atoms with Crippen LogP contribution in [0.1, 0.15) is 31.4 Å². The molecule has 0 aromatic heterocycles. The molecule has 0 aliphatic carbocycles. The Morgan fingerprint density at radius 1 is 1.33 bits per heavy atom. The molecule has 1 heterocycles. The molecule has 2 heteroatoms. The molecule has 1 radical (unpaired) electrons. The van der Waals surface area contributed by atoms with Gasteiger partial charge in [0.2, 0.25) is 5.91 Å². The molecule has 2 rings (SSSR count). The van der Waals surface area contributed by atoms with Crippen LogP contribution in [0.2, 0.25) is 0 Å². The molecular weight excluding hydrogens is 186 g/mol. The van der Waals surface area contributed by atoms with E-state index in [0.717, 1.165) is 17.7 Å². The normalized spacial score (nSPS) is 15.7. The second-order valence-electron chi connectivity index (χ2n) is 4.32. The van der Waals surface area contributed by atoms with Gasteiger partial charge in [0, 0.05) is 18.2 Å². The lowest BCUT2D eigenvalue weighted by atomic mass is 9.98. The summed E-state index contributed by atoms with van der Waals surface area (Å²) in [6.45, 7) is 8.01. The van der Waals surface area contributed by atoms with Gasteiger partial charge in [-0.1, -0.05) is 12.1 Å². The molecule has 0 saturated heterocycles. The number of carbonyl (C=O) groups is 1. The SMILES string of the molecule is [CH2]c1ccc2c(c1)CCC(=O)N2C(C)C. The number of nitrogens with zero attached hydrogens (tertiary/aromatic N) is 1. The topological polar surface area (TPSA) is 20.3 Å². The molecule has 0 atom stereocenters. The quantitative estimate of drug-likeness (QED) is 0.685. The van der Waals surface area contributed by atoms with E-state index >= 15 is 0 Å². The van der Waals surface area contributed by atoms with Gasteiger partial charge in [-0.25, -0.2) is 0 Å². The predicted octanol–water partition coefficient (Wildman–Crippen LogP) is 2.56. The van der Waals surface area contributed by atoms with E-state index in [2.05, 4.69) is 13.0 Å². The lowest BCUT2D eigenvalue weighted by Gasteiger charge is -2.32. The van der Waals surface area contributed by atoms with Crippen molar-refractivity contribution in [3.8, 4) is 0 Å². The van der Waals surface area contributed by atoms with E-state index in [9.17, 15) is 4.79 Å². The standard InChI is InChI=1S/C13H16NO/c1-9(2)14-12-6-4-10(3)8-11(12)5-7-13(14)15/h4,6,8-9H,3,5,7H2,1-2H3. The minimum Gasteiger partial charge on any atom is -0.310 e. The Kier molecular flexibility index (Phi) is 2.51. The van der Waals surface area contributed by atoms with E-state index in [1.54, 1.807) is 0 Å². The number of hydrogen-bond donors (Lipinski definition) is 0. The fourth-order valence-corrected chi connectivity index (χ4v) is 2.14. The van der Waals surface area contributed by atoms with Crippen LogP contribution in [0.3, 0.4) is 0 Å². The zero-order valence-electron chi connectivity index (χ0n) is 9.29. The summed E-state index contributed by atoms with van der Waals surface area (Å²) < 4.78 is 0. The van der Waals surface area contributed by atoms with Crippen LogP contribution in [0.4, 0.5) is 5.69 Å². The molecule has 0 N–H and O–H groups in total. The largest absolute Gasteiger partial charge is 0.310 e. The monoisotopic (exact) mass is 202 g/mol. The number of carbonyl (C=O) groups excluding carboxylic acids is 1. The fourth-order valence-electron chi connectivity index (χ4n) is 2.14. The summed E-state index contributed by atoms with van der Waals surface area (Å²) >= 11 is 0. The Balaban J connectivity index is 2.48. The second kappa shape index (κ2) is 3.69. The number of hydrogen-bond acceptors (Lipinski definition) is 1. The van der Waals surface area contributed by atoms with E-state index in [1.165, 1.54) is 5.56 Å². The summed E-state index contributed by atoms with van der Waals surface area (Å²) in [4.78, 5) is 13.7. The summed E-state index contributed by atoms with van der Waals surface area (Å²) in [7, 11) is 0. The third kappa shape index (κ3) is 1.76. The molecule has 2 nitrogen and oxygen atoms in total. The molecule has 0 bridgehead atoms. The molecule has 1 amide bonds. The molecule has 1 aromatic carbocycles. The van der Waals surface area contributed by atoms with Gasteiger partial charge in [-0.15, -0.1) is 0 Å². The van der Waals surface area contributed by atoms with Gasteiger partial charge in [0.15, 0.2) is 0 Å². The minimum absolute atomic E-state index is 0.229. The average molecular weight is 202 g/mol. The van der Waals surface area contributed by atoms with Gasteiger partial charge in [0.25, 0.3) is 0 Å². The van der Waals surface area contributed by atoms with Crippen LogP contribution >= 0.6 is 0 Å². The van der Waals surface area contributed by atoms with Crippen molar-refractivity contribution in [2.24, 2.45) is 0 Å². The Labute approximate surface area is 90.9 Å². The Morgan fingerprint density at radius 3 is 2.73 bits per heavy atom. The summed E-state index contributed by atoms with van der Waals surface area (Å²) in [5.74, 6) is 0.231. The molecule has 1 aliphatic rings. The number of anilines is 1. The maximum absolute atomic E-state index is 11.8. The van der Waals surface area contributed by atoms with Crippen molar-refractivity contribution in [3.05, 3.63) is 36.2 Å². The zero-order valence-corrected chi connectivity index (χ0v) is 9.29. The van der Waals surface area contributed by atoms with Gasteiger partial charge >= 0.3 is 0 Å². The summed E-state index contributed by atoms with van der Waals surface area (Å²) in [6.07, 6.45) is 1.47. The highest BCUT2D eigenvalue weighted by atomic mass is 16.2. The van der Waals surface area contributed by atoms with Crippen LogP contribution in [0.15, 0.2) is 18.2 Å². The highest BCUT2D eigenvalue weighted by Gasteiger charge is 2.25. The molecule has 1 aliphatic heterocycles. The van der Waals surface area contributed by atoms with Crippen LogP contribution in [0.5, 0.6) is 0 Å². The van der Waals surface area contributed by atoms with E-state index in [4.69, 9.17) is 0 Å². The smallest absolute Gasteiger partial charge is 0.227 e. The highest BCUT2D eigenvalue weighted by molar-refractivity contribution is 5.96. The third-order valence-corrected chi connectivity index (χ3v) is 2.80. The first kappa shape index (κ1) is 10.2. The maximum Gasteiger partial charge on any atom is 0.227 e. The Morgan fingerprint density at radius 2 is 2.07 bits per heavy atom. The summed E-state index contributed by atoms with van der Waals surface area (Å²) in [6, 6.07) is 6.28. The van der Waals surface area contributed by atoms with Gasteiger partial charge in [0.1, 0.15) is 0 Å². The van der Waals surface area contributed by atoms with Crippen molar-refractivity contribution in [1.82, 2.24) is 0 Å². The van der Waals surface area contributed by atoms with E-state index in [1.807, 2.05) is 30.9 Å². The number of amides is 1. The maximum atomic E-state index is 11.8. The first-order valence-electron chi connectivity index (χ1n) is 5.36. The third-order valence-electron chi connectivity index (χ3n) is 2.80. The van der Waals surface area contributed by atoms with E-state index < -0.39 is 0 Å². The van der Waals surface area contributed by atoms with Gasteiger partial charge in [-0.3, -0.25) is 4.79 Å². The molecule has 0 spiro atoms. The number of rotatable bonds is 1. The van der Waals surface area contributed by atoms with Crippen molar-refractivity contribution in [3.63, 3.8) is 0 Å². The van der Waals surface area contributed by atoms with Crippen molar-refractivity contribution in [2.45, 2.75) is 32.7 Å². The molecule has 1 aromatic rings. The van der Waals surface area contributed by atoms with Crippen LogP contribution < -0.4 is 4.90 Å². The minimum atomic E-state index is 0.229. The van der Waals surface area contributed by atoms with Crippen molar-refractivity contribution >= 4 is 11.6 Å². The van der Waals surface area contributed by atoms with Gasteiger partial charge in [0.05, 0.1) is 0 Å². The van der Waals surface area contributed by atoms with E-state index in [-0.39, 0.29) is 11.9 Å². The average Bonchev–Trinajstić information content (AvgIpc) is 2.17. The lowest BCUT2D eigenvalue weighted by molar-refractivity contribution is -0.119. The van der Waals surface area contributed by atoms with Crippen LogP contribution in [0, 0.1) is 6.92 Å². The number of aryl methyl sites for hydroxylation is 1. The van der Waals surface area contributed by atoms with Gasteiger partial charge < -0.3 is 4.90 Å². The van der Waals surface area contributed by atoms with Crippen molar-refractivity contribution in [1.29, 1.82) is 0 Å². The summed E-state index contributed by atoms with van der Waals surface area (Å²) in [5.41, 5.74) is 3.33. The molecule has 79 valence electrons. The predicted molar refractivity (Wildman–Crippen MR) is 61.8 cm³/mol. The number of benzene rings is 1. The van der Waals surface area contributed by atoms with Gasteiger partial charge in [-0.05, 0) is 44.4 Å². The van der Waals surface area contributed by atoms with Crippen molar-refractivity contribution in [2.75, 3.05) is 4.90 Å². The van der Waals surface area contributed by atoms with Crippen LogP contribution in [0.25, 0.3) is 0 Å². The first-order chi connectivity index (χ1) is 7.09. The highest BCUT2D eigenvalue weighted by Crippen LogP contribution is 2.29. The number of fused-ring (bicyclic) bond motifs is 1. The molecule has 0 unspecified atom stereocenters. The molecule has 0 saturated carbocycles. The van der Waals surface area contributed by atoms with Crippen molar-refractivity contribution < 1.29 is 4.79 Å².